The number of nitrogens with two attached hydrogens (primary N) is 1. The van der Waals surface area contributed by atoms with Gasteiger partial charge < -0.3 is 28.9 Å². The molecule has 2 N–H and O–H groups in total. The van der Waals surface area contributed by atoms with Crippen molar-refractivity contribution in [3.8, 4) is 0 Å². The molecule has 2 saturated heterocycles. The van der Waals surface area contributed by atoms with Crippen molar-refractivity contribution in [2.24, 2.45) is 10.7 Å². The molecule has 120 valence electrons. The smallest absolute Gasteiger partial charge is 0.327 e. The molecule has 9 heteroatoms. The number of nitrogens with zero attached hydrogens (tertiary/aromatic N) is 2. The van der Waals surface area contributed by atoms with Crippen LogP contribution in [0.3, 0.4) is 0 Å². The van der Waals surface area contributed by atoms with Crippen molar-refractivity contribution in [2.45, 2.75) is 24.9 Å². The van der Waals surface area contributed by atoms with Crippen LogP contribution in [0, 0.1) is 0 Å². The van der Waals surface area contributed by atoms with Crippen LogP contribution in [-0.2, 0) is 30.1 Å². The third-order valence-corrected chi connectivity index (χ3v) is 5.81. The van der Waals surface area contributed by atoms with Crippen LogP contribution in [0.4, 0.5) is 0 Å². The van der Waals surface area contributed by atoms with Gasteiger partial charge >= 0.3 is 6.72 Å². The monoisotopic (exact) mass is 343 g/mol. The van der Waals surface area contributed by atoms with E-state index in [0.717, 1.165) is 0 Å². The SMILES string of the molecule is C=CCOP1(=S)OC[C@H]2O[C@@H](N3C=CC(N)=NC3=C)CC2O1. The molecule has 7 nitrogen and oxygen atoms in total. The van der Waals surface area contributed by atoms with E-state index in [1.54, 1.807) is 18.4 Å². The number of amidine groups is 1. The van der Waals surface area contributed by atoms with E-state index in [1.807, 2.05) is 4.90 Å². The summed E-state index contributed by atoms with van der Waals surface area (Å²) in [6.45, 7) is 5.42. The lowest BCUT2D eigenvalue weighted by Gasteiger charge is -2.32. The van der Waals surface area contributed by atoms with Crippen molar-refractivity contribution < 1.29 is 18.3 Å². The second-order valence-corrected chi connectivity index (χ2v) is 7.98. The number of hydrogen-bond donors (Lipinski definition) is 1. The van der Waals surface area contributed by atoms with Crippen molar-refractivity contribution in [3.05, 3.63) is 37.3 Å². The summed E-state index contributed by atoms with van der Waals surface area (Å²) in [5.41, 5.74) is 5.64. The first-order valence-corrected chi connectivity index (χ1v) is 9.40. The molecule has 0 amide bonds. The van der Waals surface area contributed by atoms with Gasteiger partial charge in [-0.25, -0.2) is 4.99 Å². The zero-order valence-electron chi connectivity index (χ0n) is 12.0. The number of aliphatic imine (C=N–C) groups is 1. The molecular formula is C13H18N3O4PS. The average molecular weight is 343 g/mol. The van der Waals surface area contributed by atoms with Crippen LogP contribution in [-0.4, -0.2) is 42.4 Å². The van der Waals surface area contributed by atoms with Gasteiger partial charge in [-0.1, -0.05) is 12.7 Å². The molecule has 0 aromatic carbocycles. The molecule has 0 aromatic rings. The number of fused-ring (bicyclic) bond motifs is 1. The molecule has 0 saturated carbocycles. The summed E-state index contributed by atoms with van der Waals surface area (Å²) in [6, 6.07) is 0. The summed E-state index contributed by atoms with van der Waals surface area (Å²) in [6.07, 6.45) is 5.16. The summed E-state index contributed by atoms with van der Waals surface area (Å²) in [7, 11) is 0. The molecule has 3 heterocycles. The van der Waals surface area contributed by atoms with Crippen molar-refractivity contribution in [2.75, 3.05) is 13.2 Å². The zero-order valence-corrected chi connectivity index (χ0v) is 13.7. The Morgan fingerprint density at radius 1 is 1.59 bits per heavy atom. The van der Waals surface area contributed by atoms with E-state index in [9.17, 15) is 0 Å². The molecule has 3 aliphatic heterocycles. The van der Waals surface area contributed by atoms with E-state index in [-0.39, 0.29) is 18.4 Å². The Balaban J connectivity index is 1.65. The predicted molar refractivity (Wildman–Crippen MR) is 86.3 cm³/mol. The minimum atomic E-state index is -2.72. The second-order valence-electron chi connectivity index (χ2n) is 5.01. The summed E-state index contributed by atoms with van der Waals surface area (Å²) in [5.74, 6) is 0.955. The van der Waals surface area contributed by atoms with Crippen LogP contribution in [0.1, 0.15) is 6.42 Å². The maximum atomic E-state index is 5.96. The molecule has 0 radical (unpaired) electrons. The Morgan fingerprint density at radius 3 is 3.14 bits per heavy atom. The summed E-state index contributed by atoms with van der Waals surface area (Å²) in [5, 5.41) is 0. The highest BCUT2D eigenvalue weighted by atomic mass is 32.5. The second kappa shape index (κ2) is 6.23. The van der Waals surface area contributed by atoms with Crippen molar-refractivity contribution in [1.29, 1.82) is 0 Å². The van der Waals surface area contributed by atoms with Crippen molar-refractivity contribution in [1.82, 2.24) is 4.90 Å². The largest absolute Gasteiger partial charge is 0.384 e. The molecule has 3 aliphatic rings. The van der Waals surface area contributed by atoms with Gasteiger partial charge in [-0.05, 0) is 17.9 Å². The van der Waals surface area contributed by atoms with Crippen LogP contribution in [0.15, 0.2) is 42.3 Å². The lowest BCUT2D eigenvalue weighted by Crippen LogP contribution is -2.34. The van der Waals surface area contributed by atoms with Gasteiger partial charge in [0.15, 0.2) is 0 Å². The summed E-state index contributed by atoms with van der Waals surface area (Å²) in [4.78, 5) is 5.96. The van der Waals surface area contributed by atoms with Crippen molar-refractivity contribution in [3.63, 3.8) is 0 Å². The summed E-state index contributed by atoms with van der Waals surface area (Å²) >= 11 is 5.33. The highest BCUT2D eigenvalue weighted by molar-refractivity contribution is 8.07. The standard InChI is InChI=1S/C13H18N3O4PS/c1-3-6-17-21(22)18-8-11-10(20-21)7-13(19-11)16-5-4-12(14)15-9(16)2/h3-5,10-11,13H,1-2,6-8H2,(H2,14,15)/t10?,11-,13-,21?/m1/s1. The van der Waals surface area contributed by atoms with Crippen LogP contribution in [0.2, 0.25) is 0 Å². The number of ether oxygens (including phenoxy) is 1. The van der Waals surface area contributed by atoms with Gasteiger partial charge in [0.2, 0.25) is 0 Å². The molecule has 0 spiro atoms. The normalized spacial score (nSPS) is 37.8. The fourth-order valence-electron chi connectivity index (χ4n) is 2.45. The molecule has 4 atom stereocenters. The molecule has 0 bridgehead atoms. The van der Waals surface area contributed by atoms with Crippen LogP contribution < -0.4 is 5.73 Å². The molecule has 0 aliphatic carbocycles. The molecule has 22 heavy (non-hydrogen) atoms. The van der Waals surface area contributed by atoms with Crippen LogP contribution in [0.5, 0.6) is 0 Å². The first kappa shape index (κ1) is 15.9. The Bertz CT molecular complexity index is 594. The minimum absolute atomic E-state index is 0.168. The highest BCUT2D eigenvalue weighted by Crippen LogP contribution is 2.56. The molecule has 0 aromatic heterocycles. The van der Waals surface area contributed by atoms with Gasteiger partial charge in [0, 0.05) is 12.6 Å². The van der Waals surface area contributed by atoms with Gasteiger partial charge in [0.25, 0.3) is 0 Å². The average Bonchev–Trinajstić information content (AvgIpc) is 2.87. The van der Waals surface area contributed by atoms with E-state index in [2.05, 4.69) is 18.2 Å². The van der Waals surface area contributed by atoms with Crippen LogP contribution in [0.25, 0.3) is 0 Å². The van der Waals surface area contributed by atoms with Gasteiger partial charge in [-0.15, -0.1) is 6.58 Å². The van der Waals surface area contributed by atoms with Gasteiger partial charge in [0.05, 0.1) is 19.3 Å². The topological polar surface area (TPSA) is 78.5 Å². The van der Waals surface area contributed by atoms with Gasteiger partial charge in [-0.2, -0.15) is 0 Å². The lowest BCUT2D eigenvalue weighted by atomic mass is 10.2. The molecule has 3 rings (SSSR count). The van der Waals surface area contributed by atoms with E-state index < -0.39 is 6.72 Å². The molecule has 2 unspecified atom stereocenters. The first-order chi connectivity index (χ1) is 10.5. The lowest BCUT2D eigenvalue weighted by molar-refractivity contribution is -0.0698. The fourth-order valence-corrected chi connectivity index (χ4v) is 4.52. The molecule has 2 fully saturated rings. The zero-order chi connectivity index (χ0) is 15.7. The first-order valence-electron chi connectivity index (χ1n) is 6.84. The predicted octanol–water partition coefficient (Wildman–Crippen LogP) is 1.60. The maximum absolute atomic E-state index is 5.96. The maximum Gasteiger partial charge on any atom is 0.327 e. The van der Waals surface area contributed by atoms with E-state index >= 15 is 0 Å². The highest BCUT2D eigenvalue weighted by Gasteiger charge is 2.46. The quantitative estimate of drug-likeness (QED) is 0.613. The Labute approximate surface area is 134 Å². The van der Waals surface area contributed by atoms with Crippen LogP contribution >= 0.6 is 6.72 Å². The van der Waals surface area contributed by atoms with E-state index in [1.165, 1.54) is 0 Å². The third kappa shape index (κ3) is 3.17. The Hall–Kier alpha value is -1.02. The van der Waals surface area contributed by atoms with Gasteiger partial charge in [-0.3, -0.25) is 0 Å². The number of hydrogen-bond acceptors (Lipinski definition) is 8. The fraction of sp³-hybridized carbons (Fsp3) is 0.462. The Morgan fingerprint density at radius 2 is 2.41 bits per heavy atom. The van der Waals surface area contributed by atoms with E-state index in [0.29, 0.717) is 31.3 Å². The van der Waals surface area contributed by atoms with Gasteiger partial charge in [0.1, 0.15) is 24.0 Å². The number of rotatable bonds is 4. The van der Waals surface area contributed by atoms with E-state index in [4.69, 9.17) is 35.8 Å². The Kier molecular flexibility index (Phi) is 4.49. The molecular weight excluding hydrogens is 325 g/mol. The minimum Gasteiger partial charge on any atom is -0.384 e. The third-order valence-electron chi connectivity index (χ3n) is 3.46. The summed E-state index contributed by atoms with van der Waals surface area (Å²) < 4.78 is 22.8. The van der Waals surface area contributed by atoms with Crippen molar-refractivity contribution >= 4 is 24.4 Å².